The summed E-state index contributed by atoms with van der Waals surface area (Å²) in [5.41, 5.74) is 8.47. The molecular formula is C20H27NO2. The third-order valence-corrected chi connectivity index (χ3v) is 6.79. The number of nitrogens with two attached hydrogens (primary N) is 1. The Balaban J connectivity index is 1.61. The number of carbonyl (C=O) groups is 1. The van der Waals surface area contributed by atoms with Crippen molar-refractivity contribution in [2.24, 2.45) is 23.0 Å². The van der Waals surface area contributed by atoms with Crippen LogP contribution in [0.4, 0.5) is 0 Å². The minimum Gasteiger partial charge on any atom is -0.492 e. The fraction of sp³-hybridized carbons (Fsp3) is 0.650. The maximum atomic E-state index is 12.4. The molecule has 0 spiro atoms. The van der Waals surface area contributed by atoms with Gasteiger partial charge < -0.3 is 10.5 Å². The third-order valence-electron chi connectivity index (χ3n) is 6.79. The largest absolute Gasteiger partial charge is 0.492 e. The lowest BCUT2D eigenvalue weighted by Crippen LogP contribution is -2.42. The van der Waals surface area contributed by atoms with Crippen molar-refractivity contribution in [3.63, 3.8) is 0 Å². The van der Waals surface area contributed by atoms with Gasteiger partial charge in [0.15, 0.2) is 0 Å². The summed E-state index contributed by atoms with van der Waals surface area (Å²) < 4.78 is 5.69. The summed E-state index contributed by atoms with van der Waals surface area (Å²) in [6.07, 6.45) is 6.51. The molecule has 0 saturated heterocycles. The number of benzene rings is 1. The van der Waals surface area contributed by atoms with Gasteiger partial charge in [-0.25, -0.2) is 0 Å². The molecule has 3 heteroatoms. The summed E-state index contributed by atoms with van der Waals surface area (Å²) in [4.78, 5) is 12.4. The Hall–Kier alpha value is -1.35. The van der Waals surface area contributed by atoms with Crippen LogP contribution in [0.25, 0.3) is 0 Å². The molecule has 0 aliphatic heterocycles. The molecule has 0 heterocycles. The van der Waals surface area contributed by atoms with E-state index in [0.29, 0.717) is 36.7 Å². The van der Waals surface area contributed by atoms with Crippen molar-refractivity contribution < 1.29 is 9.53 Å². The van der Waals surface area contributed by atoms with Crippen molar-refractivity contribution in [2.75, 3.05) is 13.2 Å². The molecule has 4 atom stereocenters. The molecular weight excluding hydrogens is 286 g/mol. The Morgan fingerprint density at radius 2 is 2.13 bits per heavy atom. The van der Waals surface area contributed by atoms with Gasteiger partial charge in [-0.2, -0.15) is 0 Å². The standard InChI is InChI=1S/C20H27NO2/c1-20-9-8-16-15-5-3-14(23-11-10-21)12-13(15)2-4-17(16)18(20)6-7-19(20)22/h3,5,12,16-18H,2,4,6-11,21H2,1H3/t16-,17+,18+,20+/m1/s1. The van der Waals surface area contributed by atoms with E-state index >= 15 is 0 Å². The highest BCUT2D eigenvalue weighted by Crippen LogP contribution is 2.59. The zero-order valence-electron chi connectivity index (χ0n) is 14.0. The summed E-state index contributed by atoms with van der Waals surface area (Å²) in [5, 5.41) is 0. The van der Waals surface area contributed by atoms with Gasteiger partial charge in [0.25, 0.3) is 0 Å². The molecule has 2 N–H and O–H groups in total. The lowest BCUT2D eigenvalue weighted by molar-refractivity contribution is -0.129. The summed E-state index contributed by atoms with van der Waals surface area (Å²) >= 11 is 0. The predicted molar refractivity (Wildman–Crippen MR) is 90.6 cm³/mol. The van der Waals surface area contributed by atoms with E-state index in [1.165, 1.54) is 24.0 Å². The van der Waals surface area contributed by atoms with Gasteiger partial charge >= 0.3 is 0 Å². The number of Topliss-reactive ketones (excluding diaryl/α,β-unsaturated/α-hetero) is 1. The fourth-order valence-corrected chi connectivity index (χ4v) is 5.60. The summed E-state index contributed by atoms with van der Waals surface area (Å²) in [6.45, 7) is 3.37. The molecule has 1 aromatic carbocycles. The Morgan fingerprint density at radius 1 is 1.26 bits per heavy atom. The van der Waals surface area contributed by atoms with E-state index < -0.39 is 0 Å². The number of ether oxygens (including phenoxy) is 1. The van der Waals surface area contributed by atoms with E-state index in [1.807, 2.05) is 0 Å². The number of hydrogen-bond acceptors (Lipinski definition) is 3. The van der Waals surface area contributed by atoms with Crippen molar-refractivity contribution in [1.29, 1.82) is 0 Å². The van der Waals surface area contributed by atoms with Gasteiger partial charge in [0.2, 0.25) is 0 Å². The molecule has 4 rings (SSSR count). The first-order valence-corrected chi connectivity index (χ1v) is 9.12. The number of fused-ring (bicyclic) bond motifs is 5. The molecule has 0 aromatic heterocycles. The van der Waals surface area contributed by atoms with Crippen LogP contribution in [0.15, 0.2) is 18.2 Å². The first kappa shape index (κ1) is 15.2. The second kappa shape index (κ2) is 5.62. The van der Waals surface area contributed by atoms with Gasteiger partial charge in [-0.05, 0) is 73.1 Å². The molecule has 2 saturated carbocycles. The van der Waals surface area contributed by atoms with Crippen LogP contribution < -0.4 is 10.5 Å². The SMILES string of the molecule is C[C@]12CC[C@@H]3c4ccc(OCCN)cc4CC[C@@H]3[C@@H]1CCC2=O. The molecule has 0 amide bonds. The zero-order chi connectivity index (χ0) is 16.0. The van der Waals surface area contributed by atoms with Crippen molar-refractivity contribution in [1.82, 2.24) is 0 Å². The molecule has 0 radical (unpaired) electrons. The average molecular weight is 313 g/mol. The third kappa shape index (κ3) is 2.32. The second-order valence-corrected chi connectivity index (χ2v) is 7.83. The topological polar surface area (TPSA) is 52.3 Å². The summed E-state index contributed by atoms with van der Waals surface area (Å²) in [6, 6.07) is 6.59. The first-order valence-electron chi connectivity index (χ1n) is 9.12. The van der Waals surface area contributed by atoms with Gasteiger partial charge in [-0.3, -0.25) is 4.79 Å². The molecule has 1 aromatic rings. The Labute approximate surface area is 138 Å². The number of rotatable bonds is 3. The fourth-order valence-electron chi connectivity index (χ4n) is 5.60. The Bertz CT molecular complexity index is 626. The molecule has 124 valence electrons. The van der Waals surface area contributed by atoms with Crippen LogP contribution >= 0.6 is 0 Å². The van der Waals surface area contributed by atoms with Crippen molar-refractivity contribution >= 4 is 5.78 Å². The Morgan fingerprint density at radius 3 is 2.96 bits per heavy atom. The van der Waals surface area contributed by atoms with Gasteiger partial charge in [0, 0.05) is 18.4 Å². The van der Waals surface area contributed by atoms with Gasteiger partial charge in [-0.15, -0.1) is 0 Å². The molecule has 23 heavy (non-hydrogen) atoms. The van der Waals surface area contributed by atoms with E-state index in [0.717, 1.165) is 31.4 Å². The summed E-state index contributed by atoms with van der Waals surface area (Å²) in [5.74, 6) is 3.42. The molecule has 0 bridgehead atoms. The van der Waals surface area contributed by atoms with E-state index in [9.17, 15) is 4.79 Å². The number of aryl methyl sites for hydroxylation is 1. The normalized spacial score (nSPS) is 35.4. The first-order chi connectivity index (χ1) is 11.1. The van der Waals surface area contributed by atoms with Gasteiger partial charge in [-0.1, -0.05) is 13.0 Å². The molecule has 3 aliphatic rings. The highest BCUT2D eigenvalue weighted by molar-refractivity contribution is 5.87. The smallest absolute Gasteiger partial charge is 0.139 e. The maximum Gasteiger partial charge on any atom is 0.139 e. The van der Waals surface area contributed by atoms with Crippen LogP contribution in [0, 0.1) is 17.3 Å². The van der Waals surface area contributed by atoms with Gasteiger partial charge in [0.1, 0.15) is 18.1 Å². The lowest BCUT2D eigenvalue weighted by atomic mass is 9.55. The van der Waals surface area contributed by atoms with E-state index in [2.05, 4.69) is 25.1 Å². The van der Waals surface area contributed by atoms with Crippen molar-refractivity contribution in [3.8, 4) is 5.75 Å². The van der Waals surface area contributed by atoms with Crippen LogP contribution in [0.2, 0.25) is 0 Å². The van der Waals surface area contributed by atoms with Crippen molar-refractivity contribution in [2.45, 2.75) is 51.4 Å². The molecule has 3 nitrogen and oxygen atoms in total. The van der Waals surface area contributed by atoms with E-state index in [4.69, 9.17) is 10.5 Å². The maximum absolute atomic E-state index is 12.4. The van der Waals surface area contributed by atoms with Crippen LogP contribution in [0.5, 0.6) is 5.75 Å². The van der Waals surface area contributed by atoms with E-state index in [1.54, 1.807) is 0 Å². The lowest BCUT2D eigenvalue weighted by Gasteiger charge is -2.48. The average Bonchev–Trinajstić information content (AvgIpc) is 2.88. The highest BCUT2D eigenvalue weighted by Gasteiger charge is 2.54. The second-order valence-electron chi connectivity index (χ2n) is 7.83. The zero-order valence-corrected chi connectivity index (χ0v) is 14.0. The van der Waals surface area contributed by atoms with Crippen LogP contribution in [-0.2, 0) is 11.2 Å². The number of ketones is 1. The monoisotopic (exact) mass is 313 g/mol. The van der Waals surface area contributed by atoms with Crippen LogP contribution in [0.3, 0.4) is 0 Å². The highest BCUT2D eigenvalue weighted by atomic mass is 16.5. The number of carbonyl (C=O) groups excluding carboxylic acids is 1. The number of hydrogen-bond donors (Lipinski definition) is 1. The molecule has 3 aliphatic carbocycles. The van der Waals surface area contributed by atoms with Crippen molar-refractivity contribution in [3.05, 3.63) is 29.3 Å². The predicted octanol–water partition coefficient (Wildman–Crippen LogP) is 3.45. The van der Waals surface area contributed by atoms with E-state index in [-0.39, 0.29) is 5.41 Å². The minimum absolute atomic E-state index is 0.0250. The quantitative estimate of drug-likeness (QED) is 0.930. The van der Waals surface area contributed by atoms with Gasteiger partial charge in [0.05, 0.1) is 0 Å². The van der Waals surface area contributed by atoms with Crippen LogP contribution in [0.1, 0.15) is 56.1 Å². The molecule has 0 unspecified atom stereocenters. The summed E-state index contributed by atoms with van der Waals surface area (Å²) in [7, 11) is 0. The minimum atomic E-state index is -0.0250. The Kier molecular flexibility index (Phi) is 3.72. The van der Waals surface area contributed by atoms with Crippen LogP contribution in [-0.4, -0.2) is 18.9 Å². The molecule has 2 fully saturated rings.